The topological polar surface area (TPSA) is 66.5 Å². The van der Waals surface area contributed by atoms with Gasteiger partial charge in [-0.25, -0.2) is 4.98 Å². The molecule has 1 aromatic heterocycles. The van der Waals surface area contributed by atoms with Crippen molar-refractivity contribution in [1.29, 1.82) is 0 Å². The molecule has 1 aromatic carbocycles. The number of rotatable bonds is 6. The zero-order chi connectivity index (χ0) is 14.5. The summed E-state index contributed by atoms with van der Waals surface area (Å²) >= 11 is 7.33. The third-order valence-corrected chi connectivity index (χ3v) is 4.02. The van der Waals surface area contributed by atoms with Crippen LogP contribution in [0.2, 0.25) is 5.02 Å². The van der Waals surface area contributed by atoms with Crippen LogP contribution in [0.15, 0.2) is 28.7 Å². The van der Waals surface area contributed by atoms with Gasteiger partial charge >= 0.3 is 0 Å². The zero-order valence-corrected chi connectivity index (χ0v) is 12.6. The molecule has 0 fully saturated rings. The molecule has 1 unspecified atom stereocenters. The molecule has 2 rings (SSSR count). The molecule has 108 valence electrons. The average molecular weight is 314 g/mol. The summed E-state index contributed by atoms with van der Waals surface area (Å²) in [5, 5.41) is 18.7. The Morgan fingerprint density at radius 1 is 1.35 bits per heavy atom. The summed E-state index contributed by atoms with van der Waals surface area (Å²) < 4.78 is 5.74. The fourth-order valence-electron chi connectivity index (χ4n) is 1.72. The van der Waals surface area contributed by atoms with Crippen LogP contribution in [0.5, 0.6) is 0 Å². The van der Waals surface area contributed by atoms with Crippen molar-refractivity contribution < 1.29 is 14.6 Å². The number of aliphatic hydroxyl groups is 2. The summed E-state index contributed by atoms with van der Waals surface area (Å²) in [6, 6.07) is 7.40. The van der Waals surface area contributed by atoms with E-state index < -0.39 is 6.10 Å². The first-order chi connectivity index (χ1) is 9.60. The summed E-state index contributed by atoms with van der Waals surface area (Å²) in [4.78, 5) is 4.37. The lowest BCUT2D eigenvalue weighted by atomic mass is 10.1. The van der Waals surface area contributed by atoms with E-state index in [9.17, 15) is 5.11 Å². The molecule has 0 saturated carbocycles. The Bertz CT molecular complexity index is 556. The average Bonchev–Trinajstić information content (AvgIpc) is 2.80. The highest BCUT2D eigenvalue weighted by atomic mass is 35.5. The van der Waals surface area contributed by atoms with Crippen molar-refractivity contribution in [3.05, 3.63) is 40.9 Å². The maximum Gasteiger partial charge on any atom is 0.205 e. The van der Waals surface area contributed by atoms with E-state index >= 15 is 0 Å². The van der Waals surface area contributed by atoms with Crippen molar-refractivity contribution in [2.75, 3.05) is 12.4 Å². The van der Waals surface area contributed by atoms with Gasteiger partial charge < -0.3 is 14.6 Å². The first-order valence-electron chi connectivity index (χ1n) is 6.19. The van der Waals surface area contributed by atoms with E-state index in [4.69, 9.17) is 21.1 Å². The molecule has 6 heteroatoms. The normalized spacial score (nSPS) is 12.6. The number of benzene rings is 1. The van der Waals surface area contributed by atoms with E-state index in [1.54, 1.807) is 0 Å². The molecule has 0 amide bonds. The summed E-state index contributed by atoms with van der Waals surface area (Å²) in [6.07, 6.45) is -0.702. The van der Waals surface area contributed by atoms with Gasteiger partial charge in [0.05, 0.1) is 24.2 Å². The quantitative estimate of drug-likeness (QED) is 0.858. The number of nitrogens with zero attached hydrogens (tertiary/aromatic N) is 1. The molecule has 0 spiro atoms. The van der Waals surface area contributed by atoms with Gasteiger partial charge in [-0.15, -0.1) is 11.8 Å². The third kappa shape index (κ3) is 3.99. The minimum absolute atomic E-state index is 0.229. The van der Waals surface area contributed by atoms with E-state index in [1.807, 2.05) is 31.2 Å². The molecular formula is C14H16ClNO3S. The van der Waals surface area contributed by atoms with Crippen molar-refractivity contribution >= 4 is 23.4 Å². The van der Waals surface area contributed by atoms with Gasteiger partial charge in [-0.2, -0.15) is 0 Å². The largest absolute Gasteiger partial charge is 0.440 e. The van der Waals surface area contributed by atoms with E-state index in [0.29, 0.717) is 22.4 Å². The first kappa shape index (κ1) is 15.4. The first-order valence-corrected chi connectivity index (χ1v) is 7.72. The fourth-order valence-corrected chi connectivity index (χ4v) is 2.64. The van der Waals surface area contributed by atoms with Crippen LogP contribution < -0.4 is 0 Å². The Labute approximate surface area is 126 Å². The smallest absolute Gasteiger partial charge is 0.205 e. The second-order valence-corrected chi connectivity index (χ2v) is 5.85. The summed E-state index contributed by atoms with van der Waals surface area (Å²) in [6.45, 7) is 1.66. The van der Waals surface area contributed by atoms with Gasteiger partial charge in [0, 0.05) is 16.3 Å². The van der Waals surface area contributed by atoms with Crippen molar-refractivity contribution in [2.24, 2.45) is 0 Å². The lowest BCUT2D eigenvalue weighted by Crippen LogP contribution is -2.14. The van der Waals surface area contributed by atoms with E-state index in [1.165, 1.54) is 11.8 Å². The van der Waals surface area contributed by atoms with Crippen molar-refractivity contribution in [1.82, 2.24) is 4.98 Å². The number of oxazole rings is 1. The van der Waals surface area contributed by atoms with Crippen molar-refractivity contribution in [3.8, 4) is 11.3 Å². The van der Waals surface area contributed by atoms with E-state index in [-0.39, 0.29) is 6.61 Å². The van der Waals surface area contributed by atoms with Crippen molar-refractivity contribution in [2.45, 2.75) is 18.8 Å². The number of aromatic nitrogens is 1. The summed E-state index contributed by atoms with van der Waals surface area (Å²) in [5.74, 6) is 2.36. The van der Waals surface area contributed by atoms with E-state index in [2.05, 4.69) is 4.98 Å². The molecule has 4 nitrogen and oxygen atoms in total. The lowest BCUT2D eigenvalue weighted by Gasteiger charge is -2.04. The molecule has 20 heavy (non-hydrogen) atoms. The third-order valence-electron chi connectivity index (χ3n) is 2.69. The SMILES string of the molecule is Cc1nc(CSCC(O)CO)oc1-c1ccc(Cl)cc1. The number of aliphatic hydroxyl groups excluding tert-OH is 2. The molecular weight excluding hydrogens is 298 g/mol. The Hall–Kier alpha value is -1.01. The minimum atomic E-state index is -0.702. The van der Waals surface area contributed by atoms with Crippen LogP contribution in [0.1, 0.15) is 11.6 Å². The van der Waals surface area contributed by atoms with Crippen LogP contribution in [0.3, 0.4) is 0 Å². The van der Waals surface area contributed by atoms with Crippen LogP contribution in [-0.4, -0.2) is 33.7 Å². The molecule has 1 heterocycles. The van der Waals surface area contributed by atoms with E-state index in [0.717, 1.165) is 17.0 Å². The highest BCUT2D eigenvalue weighted by Crippen LogP contribution is 2.27. The monoisotopic (exact) mass is 313 g/mol. The number of hydrogen-bond acceptors (Lipinski definition) is 5. The van der Waals surface area contributed by atoms with Crippen LogP contribution in [0, 0.1) is 6.92 Å². The molecule has 0 aliphatic rings. The maximum atomic E-state index is 9.27. The predicted molar refractivity (Wildman–Crippen MR) is 80.9 cm³/mol. The standard InChI is InChI=1S/C14H16ClNO3S/c1-9-14(10-2-4-11(15)5-3-10)19-13(16-9)8-20-7-12(18)6-17/h2-5,12,17-18H,6-8H2,1H3. The Kier molecular flexibility index (Phi) is 5.48. The van der Waals surface area contributed by atoms with Gasteiger partial charge in [0.1, 0.15) is 0 Å². The second-order valence-electron chi connectivity index (χ2n) is 4.38. The molecule has 0 bridgehead atoms. The van der Waals surface area contributed by atoms with Gasteiger partial charge in [-0.3, -0.25) is 0 Å². The highest BCUT2D eigenvalue weighted by molar-refractivity contribution is 7.98. The summed E-state index contributed by atoms with van der Waals surface area (Å²) in [7, 11) is 0. The second kappa shape index (κ2) is 7.13. The number of hydrogen-bond donors (Lipinski definition) is 2. The van der Waals surface area contributed by atoms with Crippen LogP contribution in [0.25, 0.3) is 11.3 Å². The number of thioether (sulfide) groups is 1. The van der Waals surface area contributed by atoms with Gasteiger partial charge in [0.15, 0.2) is 5.76 Å². The van der Waals surface area contributed by atoms with Gasteiger partial charge in [-0.1, -0.05) is 11.6 Å². The van der Waals surface area contributed by atoms with Crippen LogP contribution in [0.4, 0.5) is 0 Å². The predicted octanol–water partition coefficient (Wildman–Crippen LogP) is 2.89. The molecule has 0 radical (unpaired) electrons. The minimum Gasteiger partial charge on any atom is -0.440 e. The molecule has 2 N–H and O–H groups in total. The number of halogens is 1. The molecule has 0 aliphatic carbocycles. The van der Waals surface area contributed by atoms with Gasteiger partial charge in [0.2, 0.25) is 5.89 Å². The van der Waals surface area contributed by atoms with Crippen LogP contribution in [-0.2, 0) is 5.75 Å². The Balaban J connectivity index is 2.04. The molecule has 0 aliphatic heterocycles. The Morgan fingerprint density at radius 2 is 2.05 bits per heavy atom. The lowest BCUT2D eigenvalue weighted by molar-refractivity contribution is 0.113. The summed E-state index contributed by atoms with van der Waals surface area (Å²) in [5.41, 5.74) is 1.76. The van der Waals surface area contributed by atoms with Gasteiger partial charge in [0.25, 0.3) is 0 Å². The zero-order valence-electron chi connectivity index (χ0n) is 11.0. The Morgan fingerprint density at radius 3 is 2.70 bits per heavy atom. The molecule has 1 atom stereocenters. The maximum absolute atomic E-state index is 9.27. The highest BCUT2D eigenvalue weighted by Gasteiger charge is 2.12. The molecule has 2 aromatic rings. The molecule has 0 saturated heterocycles. The van der Waals surface area contributed by atoms with Gasteiger partial charge in [-0.05, 0) is 31.2 Å². The van der Waals surface area contributed by atoms with Crippen molar-refractivity contribution in [3.63, 3.8) is 0 Å². The number of aryl methyl sites for hydroxylation is 1. The fraction of sp³-hybridized carbons (Fsp3) is 0.357. The van der Waals surface area contributed by atoms with Crippen LogP contribution >= 0.6 is 23.4 Å².